The lowest BCUT2D eigenvalue weighted by Crippen LogP contribution is -2.41. The van der Waals surface area contributed by atoms with Crippen molar-refractivity contribution < 1.29 is 27.2 Å². The maximum atomic E-state index is 12.6. The van der Waals surface area contributed by atoms with Gasteiger partial charge >= 0.3 is 12.3 Å². The molecule has 2 aromatic rings. The SMILES string of the molecule is CC(C)(C)OC(=O)N1CCC(c2nc(-c3ccc(C(F)(F)F)nc3)no2)CC1. The van der Waals surface area contributed by atoms with Crippen LogP contribution in [0.1, 0.15) is 51.1 Å². The van der Waals surface area contributed by atoms with E-state index >= 15 is 0 Å². The highest BCUT2D eigenvalue weighted by Gasteiger charge is 2.33. The van der Waals surface area contributed by atoms with Crippen LogP contribution in [0, 0.1) is 0 Å². The van der Waals surface area contributed by atoms with Crippen LogP contribution >= 0.6 is 0 Å². The number of piperidine rings is 1. The molecule has 1 aliphatic heterocycles. The standard InChI is InChI=1S/C18H21F3N4O3/c1-17(2,3)27-16(26)25-8-6-11(7-9-25)15-23-14(24-28-15)12-4-5-13(22-10-12)18(19,20)21/h4-5,10-11H,6-9H2,1-3H3. The summed E-state index contributed by atoms with van der Waals surface area (Å²) in [4.78, 5) is 21.4. The van der Waals surface area contributed by atoms with Crippen molar-refractivity contribution in [2.24, 2.45) is 0 Å². The van der Waals surface area contributed by atoms with Crippen LogP contribution in [-0.2, 0) is 10.9 Å². The minimum absolute atomic E-state index is 0.0256. The lowest BCUT2D eigenvalue weighted by Gasteiger charge is -2.32. The Morgan fingerprint density at radius 1 is 1.21 bits per heavy atom. The zero-order valence-corrected chi connectivity index (χ0v) is 15.8. The summed E-state index contributed by atoms with van der Waals surface area (Å²) in [6.07, 6.45) is -2.52. The second-order valence-electron chi connectivity index (χ2n) is 7.63. The van der Waals surface area contributed by atoms with E-state index in [1.165, 1.54) is 6.07 Å². The Kier molecular flexibility index (Phi) is 5.31. The maximum Gasteiger partial charge on any atom is 0.433 e. The molecule has 0 bridgehead atoms. The van der Waals surface area contributed by atoms with Crippen molar-refractivity contribution in [1.29, 1.82) is 0 Å². The third kappa shape index (κ3) is 4.79. The number of alkyl halides is 3. The summed E-state index contributed by atoms with van der Waals surface area (Å²) in [6, 6.07) is 2.14. The molecule has 0 N–H and O–H groups in total. The first kappa shape index (κ1) is 20.1. The normalized spacial score (nSPS) is 16.3. The molecule has 152 valence electrons. The number of hydrogen-bond acceptors (Lipinski definition) is 6. The molecule has 0 unspecified atom stereocenters. The Morgan fingerprint density at radius 2 is 1.89 bits per heavy atom. The van der Waals surface area contributed by atoms with Crippen molar-refractivity contribution in [2.45, 2.75) is 51.3 Å². The zero-order valence-electron chi connectivity index (χ0n) is 15.8. The summed E-state index contributed by atoms with van der Waals surface area (Å²) >= 11 is 0. The van der Waals surface area contributed by atoms with Gasteiger partial charge in [-0.2, -0.15) is 18.2 Å². The number of amides is 1. The third-order valence-electron chi connectivity index (χ3n) is 4.25. The van der Waals surface area contributed by atoms with Crippen LogP contribution in [-0.4, -0.2) is 44.8 Å². The van der Waals surface area contributed by atoms with Gasteiger partial charge in [-0.25, -0.2) is 4.79 Å². The summed E-state index contributed by atoms with van der Waals surface area (Å²) in [5, 5.41) is 3.84. The van der Waals surface area contributed by atoms with Crippen LogP contribution in [0.15, 0.2) is 22.9 Å². The van der Waals surface area contributed by atoms with Gasteiger partial charge in [0.15, 0.2) is 0 Å². The predicted octanol–water partition coefficient (Wildman–Crippen LogP) is 4.26. The highest BCUT2D eigenvalue weighted by molar-refractivity contribution is 5.68. The molecular formula is C18H21F3N4O3. The van der Waals surface area contributed by atoms with E-state index in [4.69, 9.17) is 9.26 Å². The number of likely N-dealkylation sites (tertiary alicyclic amines) is 1. The van der Waals surface area contributed by atoms with Gasteiger partial charge in [0.2, 0.25) is 11.7 Å². The second kappa shape index (κ2) is 7.40. The molecule has 1 aliphatic rings. The molecule has 7 nitrogen and oxygen atoms in total. The molecule has 0 aliphatic carbocycles. The van der Waals surface area contributed by atoms with E-state index in [0.717, 1.165) is 12.3 Å². The molecule has 0 saturated carbocycles. The summed E-state index contributed by atoms with van der Waals surface area (Å²) in [5.74, 6) is 0.562. The topological polar surface area (TPSA) is 81.4 Å². The van der Waals surface area contributed by atoms with E-state index in [2.05, 4.69) is 15.1 Å². The molecule has 0 radical (unpaired) electrons. The number of carbonyl (C=O) groups excluding carboxylic acids is 1. The fourth-order valence-electron chi connectivity index (χ4n) is 2.85. The quantitative estimate of drug-likeness (QED) is 0.752. The molecule has 0 atom stereocenters. The number of pyridine rings is 1. The maximum absolute atomic E-state index is 12.6. The summed E-state index contributed by atoms with van der Waals surface area (Å²) < 4.78 is 48.4. The Labute approximate surface area is 159 Å². The van der Waals surface area contributed by atoms with Crippen LogP contribution in [0.5, 0.6) is 0 Å². The van der Waals surface area contributed by atoms with Gasteiger partial charge in [0.05, 0.1) is 0 Å². The average Bonchev–Trinajstić information content (AvgIpc) is 3.10. The Hall–Kier alpha value is -2.65. The molecule has 1 saturated heterocycles. The van der Waals surface area contributed by atoms with Crippen LogP contribution in [0.25, 0.3) is 11.4 Å². The van der Waals surface area contributed by atoms with Gasteiger partial charge in [0.25, 0.3) is 0 Å². The van der Waals surface area contributed by atoms with Crippen molar-refractivity contribution in [3.05, 3.63) is 29.9 Å². The zero-order chi connectivity index (χ0) is 20.5. The highest BCUT2D eigenvalue weighted by atomic mass is 19.4. The number of carbonyl (C=O) groups is 1. The van der Waals surface area contributed by atoms with Crippen LogP contribution < -0.4 is 0 Å². The van der Waals surface area contributed by atoms with Crippen molar-refractivity contribution in [2.75, 3.05) is 13.1 Å². The number of ether oxygens (including phenoxy) is 1. The molecule has 2 aromatic heterocycles. The molecule has 28 heavy (non-hydrogen) atoms. The molecule has 1 fully saturated rings. The smallest absolute Gasteiger partial charge is 0.433 e. The fraction of sp³-hybridized carbons (Fsp3) is 0.556. The number of aromatic nitrogens is 3. The van der Waals surface area contributed by atoms with Crippen LogP contribution in [0.4, 0.5) is 18.0 Å². The van der Waals surface area contributed by atoms with Crippen molar-refractivity contribution in [3.63, 3.8) is 0 Å². The first-order valence-corrected chi connectivity index (χ1v) is 8.88. The van der Waals surface area contributed by atoms with E-state index < -0.39 is 17.5 Å². The largest absolute Gasteiger partial charge is 0.444 e. The molecule has 0 spiro atoms. The Balaban J connectivity index is 1.62. The van der Waals surface area contributed by atoms with E-state index in [1.807, 2.05) is 20.8 Å². The molecule has 3 rings (SSSR count). The Bertz CT molecular complexity index is 820. The monoisotopic (exact) mass is 398 g/mol. The first-order valence-electron chi connectivity index (χ1n) is 8.88. The minimum atomic E-state index is -4.50. The van der Waals surface area contributed by atoms with Gasteiger partial charge in [-0.1, -0.05) is 5.16 Å². The highest BCUT2D eigenvalue weighted by Crippen LogP contribution is 2.31. The van der Waals surface area contributed by atoms with Gasteiger partial charge < -0.3 is 14.2 Å². The predicted molar refractivity (Wildman–Crippen MR) is 92.3 cm³/mol. The first-order chi connectivity index (χ1) is 13.0. The average molecular weight is 398 g/mol. The van der Waals surface area contributed by atoms with Crippen LogP contribution in [0.2, 0.25) is 0 Å². The summed E-state index contributed by atoms with van der Waals surface area (Å²) in [5.41, 5.74) is -1.19. The lowest BCUT2D eigenvalue weighted by molar-refractivity contribution is -0.141. The van der Waals surface area contributed by atoms with Crippen molar-refractivity contribution in [3.8, 4) is 11.4 Å². The van der Waals surface area contributed by atoms with Gasteiger partial charge in [-0.15, -0.1) is 0 Å². The number of nitrogens with zero attached hydrogens (tertiary/aromatic N) is 4. The van der Waals surface area contributed by atoms with Crippen molar-refractivity contribution >= 4 is 6.09 Å². The van der Waals surface area contributed by atoms with E-state index in [9.17, 15) is 18.0 Å². The summed E-state index contributed by atoms with van der Waals surface area (Å²) in [6.45, 7) is 6.44. The lowest BCUT2D eigenvalue weighted by atomic mass is 9.97. The van der Waals surface area contributed by atoms with Crippen LogP contribution in [0.3, 0.4) is 0 Å². The van der Waals surface area contributed by atoms with E-state index in [0.29, 0.717) is 37.4 Å². The van der Waals surface area contributed by atoms with E-state index in [1.54, 1.807) is 4.90 Å². The third-order valence-corrected chi connectivity index (χ3v) is 4.25. The van der Waals surface area contributed by atoms with Gasteiger partial charge in [0, 0.05) is 30.8 Å². The van der Waals surface area contributed by atoms with Gasteiger partial charge in [-0.3, -0.25) is 4.98 Å². The second-order valence-corrected chi connectivity index (χ2v) is 7.63. The molecule has 3 heterocycles. The molecule has 1 amide bonds. The van der Waals surface area contributed by atoms with Gasteiger partial charge in [0.1, 0.15) is 11.3 Å². The molecule has 0 aromatic carbocycles. The minimum Gasteiger partial charge on any atom is -0.444 e. The molecular weight excluding hydrogens is 377 g/mol. The molecule has 10 heteroatoms. The van der Waals surface area contributed by atoms with E-state index in [-0.39, 0.29) is 17.8 Å². The fourth-order valence-corrected chi connectivity index (χ4v) is 2.85. The van der Waals surface area contributed by atoms with Gasteiger partial charge in [-0.05, 0) is 45.7 Å². The van der Waals surface area contributed by atoms with Crippen molar-refractivity contribution in [1.82, 2.24) is 20.0 Å². The summed E-state index contributed by atoms with van der Waals surface area (Å²) in [7, 11) is 0. The Morgan fingerprint density at radius 3 is 2.43 bits per heavy atom. The number of hydrogen-bond donors (Lipinski definition) is 0. The number of rotatable bonds is 2. The number of halogens is 3.